The van der Waals surface area contributed by atoms with E-state index < -0.39 is 0 Å². The first-order valence-corrected chi connectivity index (χ1v) is 8.46. The number of hydrogen-bond donors (Lipinski definition) is 2. The summed E-state index contributed by atoms with van der Waals surface area (Å²) < 4.78 is 10.5. The van der Waals surface area contributed by atoms with Crippen LogP contribution in [0.15, 0.2) is 42.5 Å². The lowest BCUT2D eigenvalue weighted by molar-refractivity contribution is -0.885. The lowest BCUT2D eigenvalue weighted by atomic mass is 10.1. The maximum absolute atomic E-state index is 12.4. The molecule has 5 nitrogen and oxygen atoms in total. The number of nitrogens with one attached hydrogen (secondary N) is 2. The Morgan fingerprint density at radius 1 is 1.04 bits per heavy atom. The molecular formula is C20H27N2O3+. The first-order valence-electron chi connectivity index (χ1n) is 8.46. The molecule has 0 heterocycles. The summed E-state index contributed by atoms with van der Waals surface area (Å²) in [6, 6.07) is 13.9. The van der Waals surface area contributed by atoms with Gasteiger partial charge in [-0.25, -0.2) is 0 Å². The van der Waals surface area contributed by atoms with Crippen molar-refractivity contribution in [1.82, 2.24) is 0 Å². The van der Waals surface area contributed by atoms with Crippen LogP contribution >= 0.6 is 0 Å². The van der Waals surface area contributed by atoms with Crippen molar-refractivity contribution in [2.45, 2.75) is 19.9 Å². The van der Waals surface area contributed by atoms with E-state index in [9.17, 15) is 4.79 Å². The Morgan fingerprint density at radius 2 is 1.72 bits per heavy atom. The fourth-order valence-corrected chi connectivity index (χ4v) is 2.68. The Labute approximate surface area is 149 Å². The number of aryl methyl sites for hydroxylation is 1. The van der Waals surface area contributed by atoms with E-state index in [-0.39, 0.29) is 5.91 Å². The number of benzene rings is 2. The maximum atomic E-state index is 12.4. The average Bonchev–Trinajstić information content (AvgIpc) is 2.62. The van der Waals surface area contributed by atoms with Crippen molar-refractivity contribution in [2.75, 3.05) is 33.1 Å². The number of ether oxygens (including phenoxy) is 2. The Balaban J connectivity index is 1.94. The Morgan fingerprint density at radius 3 is 2.32 bits per heavy atom. The van der Waals surface area contributed by atoms with E-state index in [1.165, 1.54) is 11.1 Å². The van der Waals surface area contributed by atoms with Crippen LogP contribution in [0, 0.1) is 0 Å². The summed E-state index contributed by atoms with van der Waals surface area (Å²) in [7, 11) is 5.18. The van der Waals surface area contributed by atoms with Crippen LogP contribution in [0.1, 0.15) is 18.1 Å². The molecule has 0 saturated heterocycles. The molecule has 5 heteroatoms. The quantitative estimate of drug-likeness (QED) is 0.770. The number of anilines is 1. The number of hydrogen-bond acceptors (Lipinski definition) is 3. The second kappa shape index (κ2) is 9.08. The van der Waals surface area contributed by atoms with Gasteiger partial charge in [0, 0.05) is 11.6 Å². The van der Waals surface area contributed by atoms with E-state index in [1.54, 1.807) is 32.4 Å². The third-order valence-corrected chi connectivity index (χ3v) is 4.08. The van der Waals surface area contributed by atoms with Crippen LogP contribution in [0.4, 0.5) is 5.69 Å². The lowest BCUT2D eigenvalue weighted by Gasteiger charge is -2.15. The number of likely N-dealkylation sites (N-methyl/N-ethyl adjacent to an activating group) is 1. The summed E-state index contributed by atoms with van der Waals surface area (Å²) >= 11 is 0. The molecule has 2 aromatic rings. The first-order chi connectivity index (χ1) is 12.0. The predicted molar refractivity (Wildman–Crippen MR) is 99.5 cm³/mol. The third kappa shape index (κ3) is 5.50. The van der Waals surface area contributed by atoms with Gasteiger partial charge in [0.05, 0.1) is 27.0 Å². The minimum absolute atomic E-state index is 0.0609. The third-order valence-electron chi connectivity index (χ3n) is 4.08. The molecule has 0 saturated carbocycles. The Kier molecular flexibility index (Phi) is 6.83. The molecule has 0 aliphatic heterocycles. The number of quaternary nitrogens is 1. The normalized spacial score (nSPS) is 11.7. The zero-order valence-electron chi connectivity index (χ0n) is 15.4. The predicted octanol–water partition coefficient (Wildman–Crippen LogP) is 1.92. The monoisotopic (exact) mass is 343 g/mol. The molecule has 2 rings (SSSR count). The Bertz CT molecular complexity index is 699. The van der Waals surface area contributed by atoms with Gasteiger partial charge >= 0.3 is 0 Å². The van der Waals surface area contributed by atoms with Crippen LogP contribution < -0.4 is 19.7 Å². The highest BCUT2D eigenvalue weighted by Crippen LogP contribution is 2.28. The highest BCUT2D eigenvalue weighted by atomic mass is 16.5. The topological polar surface area (TPSA) is 52.0 Å². The fourth-order valence-electron chi connectivity index (χ4n) is 2.68. The first kappa shape index (κ1) is 18.8. The highest BCUT2D eigenvalue weighted by molar-refractivity contribution is 5.93. The molecule has 0 spiro atoms. The summed E-state index contributed by atoms with van der Waals surface area (Å²) in [5, 5.41) is 2.91. The van der Waals surface area contributed by atoms with Gasteiger partial charge in [-0.1, -0.05) is 31.2 Å². The van der Waals surface area contributed by atoms with Crippen molar-refractivity contribution >= 4 is 11.6 Å². The van der Waals surface area contributed by atoms with Crippen LogP contribution in [0.25, 0.3) is 0 Å². The minimum Gasteiger partial charge on any atom is -0.497 e. The van der Waals surface area contributed by atoms with Crippen molar-refractivity contribution in [3.63, 3.8) is 0 Å². The van der Waals surface area contributed by atoms with Gasteiger partial charge in [-0.15, -0.1) is 0 Å². The summed E-state index contributed by atoms with van der Waals surface area (Å²) in [4.78, 5) is 13.5. The zero-order chi connectivity index (χ0) is 18.2. The highest BCUT2D eigenvalue weighted by Gasteiger charge is 2.14. The van der Waals surface area contributed by atoms with Crippen LogP contribution in [-0.4, -0.2) is 33.7 Å². The van der Waals surface area contributed by atoms with Gasteiger partial charge in [-0.3, -0.25) is 4.79 Å². The molecule has 1 amide bonds. The van der Waals surface area contributed by atoms with E-state index in [1.807, 2.05) is 7.05 Å². The molecule has 134 valence electrons. The van der Waals surface area contributed by atoms with Crippen molar-refractivity contribution in [1.29, 1.82) is 0 Å². The summed E-state index contributed by atoms with van der Waals surface area (Å²) in [6.07, 6.45) is 1.04. The van der Waals surface area contributed by atoms with Gasteiger partial charge in [-0.2, -0.15) is 0 Å². The molecule has 2 aromatic carbocycles. The van der Waals surface area contributed by atoms with E-state index in [2.05, 4.69) is 36.5 Å². The lowest BCUT2D eigenvalue weighted by Crippen LogP contribution is -3.08. The molecule has 0 bridgehead atoms. The van der Waals surface area contributed by atoms with Crippen molar-refractivity contribution in [3.05, 3.63) is 53.6 Å². The molecule has 25 heavy (non-hydrogen) atoms. The molecule has 0 aliphatic rings. The van der Waals surface area contributed by atoms with Crippen molar-refractivity contribution in [3.8, 4) is 11.5 Å². The maximum Gasteiger partial charge on any atom is 0.279 e. The molecule has 0 radical (unpaired) electrons. The molecule has 1 unspecified atom stereocenters. The van der Waals surface area contributed by atoms with Crippen LogP contribution in [-0.2, 0) is 17.8 Å². The van der Waals surface area contributed by atoms with Gasteiger partial charge in [-0.05, 0) is 24.1 Å². The summed E-state index contributed by atoms with van der Waals surface area (Å²) in [5.41, 5.74) is 3.16. The van der Waals surface area contributed by atoms with E-state index in [0.29, 0.717) is 23.7 Å². The van der Waals surface area contributed by atoms with Gasteiger partial charge in [0.25, 0.3) is 5.91 Å². The second-order valence-electron chi connectivity index (χ2n) is 6.10. The van der Waals surface area contributed by atoms with Gasteiger partial charge in [0.1, 0.15) is 18.0 Å². The van der Waals surface area contributed by atoms with E-state index >= 15 is 0 Å². The van der Waals surface area contributed by atoms with Crippen LogP contribution in [0.3, 0.4) is 0 Å². The number of methoxy groups -OCH3 is 2. The van der Waals surface area contributed by atoms with Crippen molar-refractivity contribution < 1.29 is 19.2 Å². The fraction of sp³-hybridized carbons (Fsp3) is 0.350. The average molecular weight is 343 g/mol. The molecular weight excluding hydrogens is 316 g/mol. The summed E-state index contributed by atoms with van der Waals surface area (Å²) in [6.45, 7) is 3.31. The molecule has 0 aromatic heterocycles. The van der Waals surface area contributed by atoms with E-state index in [4.69, 9.17) is 9.47 Å². The number of rotatable bonds is 8. The number of carbonyl (C=O) groups excluding carboxylic acids is 1. The van der Waals surface area contributed by atoms with Crippen LogP contribution in [0.5, 0.6) is 11.5 Å². The molecule has 0 fully saturated rings. The largest absolute Gasteiger partial charge is 0.497 e. The zero-order valence-corrected chi connectivity index (χ0v) is 15.4. The SMILES string of the molecule is CCc1ccc(C[NH+](C)CC(=O)Nc2cc(OC)ccc2OC)cc1. The minimum atomic E-state index is -0.0609. The van der Waals surface area contributed by atoms with Crippen LogP contribution in [0.2, 0.25) is 0 Å². The van der Waals surface area contributed by atoms with Crippen molar-refractivity contribution in [2.24, 2.45) is 0 Å². The molecule has 1 atom stereocenters. The number of amides is 1. The number of carbonyl (C=O) groups is 1. The second-order valence-corrected chi connectivity index (χ2v) is 6.10. The Hall–Kier alpha value is -2.53. The smallest absolute Gasteiger partial charge is 0.279 e. The molecule has 2 N–H and O–H groups in total. The van der Waals surface area contributed by atoms with Gasteiger partial charge in [0.2, 0.25) is 0 Å². The molecule has 0 aliphatic carbocycles. The van der Waals surface area contributed by atoms with E-state index in [0.717, 1.165) is 17.9 Å². The summed E-state index contributed by atoms with van der Waals surface area (Å²) in [5.74, 6) is 1.23. The standard InChI is InChI=1S/C20H26N2O3/c1-5-15-6-8-16(9-7-15)13-22(2)14-20(23)21-18-12-17(24-3)10-11-19(18)25-4/h6-12H,5,13-14H2,1-4H3,(H,21,23)/p+1. The van der Waals surface area contributed by atoms with Gasteiger partial charge in [0.15, 0.2) is 6.54 Å². The van der Waals surface area contributed by atoms with Gasteiger partial charge < -0.3 is 19.7 Å².